The number of aromatic nitrogens is 2. The summed E-state index contributed by atoms with van der Waals surface area (Å²) in [6.07, 6.45) is 1.90. The lowest BCUT2D eigenvalue weighted by Gasteiger charge is -2.12. The molecule has 2 N–H and O–H groups in total. The summed E-state index contributed by atoms with van der Waals surface area (Å²) < 4.78 is 1.92. The third-order valence-electron chi connectivity index (χ3n) is 3.75. The van der Waals surface area contributed by atoms with Gasteiger partial charge in [-0.15, -0.1) is 0 Å². The molecule has 2 heterocycles. The molecule has 0 saturated heterocycles. The van der Waals surface area contributed by atoms with Gasteiger partial charge in [0.2, 0.25) is 5.91 Å². The Hall–Kier alpha value is -3.19. The van der Waals surface area contributed by atoms with E-state index < -0.39 is 0 Å². The molecule has 134 valence electrons. The summed E-state index contributed by atoms with van der Waals surface area (Å²) in [5.74, 6) is -0.451. The van der Waals surface area contributed by atoms with E-state index in [0.717, 1.165) is 11.3 Å². The molecule has 2 amide bonds. The molecular formula is C19H21N5O2. The molecule has 0 radical (unpaired) electrons. The van der Waals surface area contributed by atoms with E-state index >= 15 is 0 Å². The van der Waals surface area contributed by atoms with Crippen LogP contribution in [0.15, 0.2) is 48.7 Å². The summed E-state index contributed by atoms with van der Waals surface area (Å²) in [5, 5.41) is 5.56. The number of hydrogen-bond acceptors (Lipinski definition) is 4. The largest absolute Gasteiger partial charge is 0.326 e. The maximum absolute atomic E-state index is 12.8. The molecule has 0 aliphatic rings. The molecule has 3 aromatic rings. The second-order valence-electron chi connectivity index (χ2n) is 6.29. The van der Waals surface area contributed by atoms with Gasteiger partial charge in [0.1, 0.15) is 5.65 Å². The van der Waals surface area contributed by atoms with Crippen molar-refractivity contribution in [1.29, 1.82) is 0 Å². The van der Waals surface area contributed by atoms with Gasteiger partial charge in [-0.3, -0.25) is 9.59 Å². The van der Waals surface area contributed by atoms with Crippen molar-refractivity contribution in [2.75, 3.05) is 24.7 Å². The standard InChI is InChI=1S/C19H21N5O2/c1-13(25)20-14-7-6-8-15(11-14)21-19(26)18-16(12-23(2)3)24-10-5-4-9-17(24)22-18/h4-11H,12H2,1-3H3,(H,20,25)(H,21,26). The molecule has 0 fully saturated rings. The molecule has 0 aliphatic heterocycles. The van der Waals surface area contributed by atoms with Crippen LogP contribution in [0.3, 0.4) is 0 Å². The van der Waals surface area contributed by atoms with Crippen molar-refractivity contribution in [2.24, 2.45) is 0 Å². The van der Waals surface area contributed by atoms with E-state index in [9.17, 15) is 9.59 Å². The Morgan fingerprint density at radius 2 is 1.81 bits per heavy atom. The number of imidazole rings is 1. The highest BCUT2D eigenvalue weighted by Gasteiger charge is 2.19. The van der Waals surface area contributed by atoms with Gasteiger partial charge in [0.15, 0.2) is 5.69 Å². The number of nitrogens with zero attached hydrogens (tertiary/aromatic N) is 3. The number of hydrogen-bond donors (Lipinski definition) is 2. The van der Waals surface area contributed by atoms with Crippen molar-refractivity contribution in [2.45, 2.75) is 13.5 Å². The molecule has 0 aliphatic carbocycles. The zero-order valence-corrected chi connectivity index (χ0v) is 15.0. The number of fused-ring (bicyclic) bond motifs is 1. The quantitative estimate of drug-likeness (QED) is 0.741. The minimum atomic E-state index is -0.287. The first-order chi connectivity index (χ1) is 12.4. The van der Waals surface area contributed by atoms with Gasteiger partial charge in [0.05, 0.1) is 5.69 Å². The van der Waals surface area contributed by atoms with E-state index in [1.54, 1.807) is 24.3 Å². The molecule has 0 spiro atoms. The Kier molecular flexibility index (Phi) is 4.99. The third-order valence-corrected chi connectivity index (χ3v) is 3.75. The zero-order chi connectivity index (χ0) is 18.7. The van der Waals surface area contributed by atoms with E-state index in [0.29, 0.717) is 23.6 Å². The Morgan fingerprint density at radius 3 is 2.50 bits per heavy atom. The number of pyridine rings is 1. The Bertz CT molecular complexity index is 961. The van der Waals surface area contributed by atoms with E-state index in [-0.39, 0.29) is 11.8 Å². The average Bonchev–Trinajstić information content (AvgIpc) is 2.93. The fourth-order valence-corrected chi connectivity index (χ4v) is 2.75. The summed E-state index contributed by atoms with van der Waals surface area (Å²) in [6, 6.07) is 12.7. The topological polar surface area (TPSA) is 78.7 Å². The first-order valence-electron chi connectivity index (χ1n) is 8.24. The molecule has 7 heteroatoms. The number of nitrogens with one attached hydrogen (secondary N) is 2. The molecule has 7 nitrogen and oxygen atoms in total. The van der Waals surface area contributed by atoms with E-state index in [1.807, 2.05) is 47.8 Å². The Balaban J connectivity index is 1.91. The maximum Gasteiger partial charge on any atom is 0.276 e. The van der Waals surface area contributed by atoms with Crippen molar-refractivity contribution < 1.29 is 9.59 Å². The van der Waals surface area contributed by atoms with Crippen LogP contribution in [0, 0.1) is 0 Å². The summed E-state index contributed by atoms with van der Waals surface area (Å²) in [7, 11) is 3.89. The second-order valence-corrected chi connectivity index (χ2v) is 6.29. The predicted octanol–water partition coefficient (Wildman–Crippen LogP) is 2.61. The lowest BCUT2D eigenvalue weighted by atomic mass is 10.2. The van der Waals surface area contributed by atoms with Crippen LogP contribution in [0.5, 0.6) is 0 Å². The van der Waals surface area contributed by atoms with Crippen molar-refractivity contribution >= 4 is 28.8 Å². The van der Waals surface area contributed by atoms with Gasteiger partial charge in [-0.1, -0.05) is 12.1 Å². The van der Waals surface area contributed by atoms with Gasteiger partial charge in [0, 0.05) is 31.0 Å². The third kappa shape index (κ3) is 3.89. The number of benzene rings is 1. The fourth-order valence-electron chi connectivity index (χ4n) is 2.75. The van der Waals surface area contributed by atoms with Gasteiger partial charge < -0.3 is 19.9 Å². The van der Waals surface area contributed by atoms with Crippen LogP contribution < -0.4 is 10.6 Å². The molecular weight excluding hydrogens is 330 g/mol. The monoisotopic (exact) mass is 351 g/mol. The molecule has 0 saturated carbocycles. The van der Waals surface area contributed by atoms with Crippen LogP contribution in [0.2, 0.25) is 0 Å². The SMILES string of the molecule is CC(=O)Nc1cccc(NC(=O)c2nc3ccccn3c2CN(C)C)c1. The van der Waals surface area contributed by atoms with E-state index in [1.165, 1.54) is 6.92 Å². The van der Waals surface area contributed by atoms with Crippen LogP contribution >= 0.6 is 0 Å². The fraction of sp³-hybridized carbons (Fsp3) is 0.211. The molecule has 3 rings (SSSR count). The van der Waals surface area contributed by atoms with Gasteiger partial charge in [-0.25, -0.2) is 4.98 Å². The predicted molar refractivity (Wildman–Crippen MR) is 101 cm³/mol. The molecule has 2 aromatic heterocycles. The second kappa shape index (κ2) is 7.37. The van der Waals surface area contributed by atoms with Crippen LogP contribution in [-0.4, -0.2) is 40.2 Å². The molecule has 26 heavy (non-hydrogen) atoms. The summed E-state index contributed by atoms with van der Waals surface area (Å²) in [6.45, 7) is 2.02. The number of carbonyl (C=O) groups is 2. The smallest absolute Gasteiger partial charge is 0.276 e. The summed E-state index contributed by atoms with van der Waals surface area (Å²) in [5.41, 5.74) is 3.14. The normalized spacial score (nSPS) is 10.9. The van der Waals surface area contributed by atoms with Crippen molar-refractivity contribution in [3.63, 3.8) is 0 Å². The van der Waals surface area contributed by atoms with Crippen molar-refractivity contribution in [1.82, 2.24) is 14.3 Å². The van der Waals surface area contributed by atoms with Gasteiger partial charge in [0.25, 0.3) is 5.91 Å². The lowest BCUT2D eigenvalue weighted by Crippen LogP contribution is -2.19. The highest BCUT2D eigenvalue weighted by Crippen LogP contribution is 2.19. The van der Waals surface area contributed by atoms with E-state index in [4.69, 9.17) is 0 Å². The Morgan fingerprint density at radius 1 is 1.08 bits per heavy atom. The zero-order valence-electron chi connectivity index (χ0n) is 15.0. The molecule has 0 atom stereocenters. The molecule has 0 unspecified atom stereocenters. The Labute approximate surface area is 151 Å². The summed E-state index contributed by atoms with van der Waals surface area (Å²) >= 11 is 0. The van der Waals surface area contributed by atoms with Crippen LogP contribution in [0.25, 0.3) is 5.65 Å². The summed E-state index contributed by atoms with van der Waals surface area (Å²) in [4.78, 5) is 30.5. The molecule has 0 bridgehead atoms. The minimum absolute atomic E-state index is 0.165. The van der Waals surface area contributed by atoms with Gasteiger partial charge in [-0.05, 0) is 44.4 Å². The van der Waals surface area contributed by atoms with Crippen LogP contribution in [-0.2, 0) is 11.3 Å². The number of anilines is 2. The first kappa shape index (κ1) is 17.6. The van der Waals surface area contributed by atoms with Crippen LogP contribution in [0.1, 0.15) is 23.1 Å². The van der Waals surface area contributed by atoms with E-state index in [2.05, 4.69) is 15.6 Å². The van der Waals surface area contributed by atoms with Gasteiger partial charge in [-0.2, -0.15) is 0 Å². The minimum Gasteiger partial charge on any atom is -0.326 e. The average molecular weight is 351 g/mol. The first-order valence-corrected chi connectivity index (χ1v) is 8.24. The lowest BCUT2D eigenvalue weighted by molar-refractivity contribution is -0.114. The van der Waals surface area contributed by atoms with Crippen molar-refractivity contribution in [3.8, 4) is 0 Å². The number of amides is 2. The van der Waals surface area contributed by atoms with Gasteiger partial charge >= 0.3 is 0 Å². The number of rotatable bonds is 5. The molecule has 1 aromatic carbocycles. The van der Waals surface area contributed by atoms with Crippen LogP contribution in [0.4, 0.5) is 11.4 Å². The highest BCUT2D eigenvalue weighted by atomic mass is 16.2. The van der Waals surface area contributed by atoms with Crippen molar-refractivity contribution in [3.05, 3.63) is 60.0 Å². The number of carbonyl (C=O) groups excluding carboxylic acids is 2. The maximum atomic E-state index is 12.8. The highest BCUT2D eigenvalue weighted by molar-refractivity contribution is 6.04.